The summed E-state index contributed by atoms with van der Waals surface area (Å²) in [6.07, 6.45) is 5.49. The Hall–Kier alpha value is -2.56. The van der Waals surface area contributed by atoms with Gasteiger partial charge >= 0.3 is 0 Å². The molecule has 2 aliphatic rings. The van der Waals surface area contributed by atoms with E-state index in [1.54, 1.807) is 6.26 Å². The summed E-state index contributed by atoms with van der Waals surface area (Å²) in [7, 11) is 0. The number of amides is 2. The van der Waals surface area contributed by atoms with Crippen molar-refractivity contribution in [2.75, 3.05) is 19.6 Å². The van der Waals surface area contributed by atoms with Gasteiger partial charge in [-0.05, 0) is 37.0 Å². The second kappa shape index (κ2) is 7.99. The van der Waals surface area contributed by atoms with E-state index >= 15 is 0 Å². The number of rotatable bonds is 5. The summed E-state index contributed by atoms with van der Waals surface area (Å²) in [5.74, 6) is 1.20. The van der Waals surface area contributed by atoms with Crippen LogP contribution in [0.2, 0.25) is 0 Å². The highest BCUT2D eigenvalue weighted by molar-refractivity contribution is 5.79. The van der Waals surface area contributed by atoms with Gasteiger partial charge in [-0.15, -0.1) is 0 Å². The number of carbonyl (C=O) groups is 2. The van der Waals surface area contributed by atoms with Crippen molar-refractivity contribution in [3.8, 4) is 0 Å². The molecule has 0 bridgehead atoms. The van der Waals surface area contributed by atoms with Gasteiger partial charge in [-0.1, -0.05) is 30.3 Å². The number of nitrogens with zero attached hydrogens (tertiary/aromatic N) is 2. The van der Waals surface area contributed by atoms with Gasteiger partial charge in [0.15, 0.2) is 0 Å². The fourth-order valence-electron chi connectivity index (χ4n) is 4.34. The van der Waals surface area contributed by atoms with E-state index in [1.807, 2.05) is 52.3 Å². The first-order valence-corrected chi connectivity index (χ1v) is 9.88. The summed E-state index contributed by atoms with van der Waals surface area (Å²) >= 11 is 0. The molecule has 142 valence electrons. The highest BCUT2D eigenvalue weighted by Crippen LogP contribution is 2.30. The second-order valence-corrected chi connectivity index (χ2v) is 7.49. The average Bonchev–Trinajstić information content (AvgIpc) is 3.38. The maximum atomic E-state index is 13.0. The minimum absolute atomic E-state index is 0.0633. The normalized spacial score (nSPS) is 19.5. The van der Waals surface area contributed by atoms with Crippen LogP contribution >= 0.6 is 0 Å². The first-order valence-electron chi connectivity index (χ1n) is 9.88. The van der Waals surface area contributed by atoms with Crippen LogP contribution in [0.3, 0.4) is 0 Å². The summed E-state index contributed by atoms with van der Waals surface area (Å²) in [6.45, 7) is 2.34. The van der Waals surface area contributed by atoms with Crippen molar-refractivity contribution in [3.05, 3.63) is 60.1 Å². The van der Waals surface area contributed by atoms with Crippen LogP contribution in [0, 0.1) is 0 Å². The molecule has 4 rings (SSSR count). The number of furan rings is 1. The number of piperidine rings is 1. The van der Waals surface area contributed by atoms with Crippen molar-refractivity contribution in [2.24, 2.45) is 0 Å². The molecule has 1 unspecified atom stereocenters. The lowest BCUT2D eigenvalue weighted by Gasteiger charge is -2.37. The minimum atomic E-state index is -0.0633. The number of likely N-dealkylation sites (tertiary alicyclic amines) is 2. The fourth-order valence-corrected chi connectivity index (χ4v) is 4.34. The van der Waals surface area contributed by atoms with Crippen LogP contribution < -0.4 is 0 Å². The molecule has 2 aliphatic heterocycles. The highest BCUT2D eigenvalue weighted by Gasteiger charge is 2.32. The first-order chi connectivity index (χ1) is 13.2. The molecule has 2 aromatic rings. The molecular formula is C22H26N2O3. The zero-order valence-corrected chi connectivity index (χ0v) is 15.5. The third-order valence-corrected chi connectivity index (χ3v) is 5.84. The van der Waals surface area contributed by atoms with E-state index in [1.165, 1.54) is 0 Å². The van der Waals surface area contributed by atoms with Gasteiger partial charge < -0.3 is 14.2 Å². The molecule has 1 aromatic heterocycles. The van der Waals surface area contributed by atoms with E-state index in [0.29, 0.717) is 18.9 Å². The average molecular weight is 366 g/mol. The van der Waals surface area contributed by atoms with E-state index in [2.05, 4.69) is 0 Å². The van der Waals surface area contributed by atoms with Gasteiger partial charge in [0, 0.05) is 38.5 Å². The van der Waals surface area contributed by atoms with Gasteiger partial charge in [0.05, 0.1) is 12.2 Å². The van der Waals surface area contributed by atoms with E-state index in [9.17, 15) is 9.59 Å². The Morgan fingerprint density at radius 2 is 1.85 bits per heavy atom. The van der Waals surface area contributed by atoms with Gasteiger partial charge in [0.2, 0.25) is 11.8 Å². The predicted molar refractivity (Wildman–Crippen MR) is 102 cm³/mol. The third kappa shape index (κ3) is 3.92. The molecular weight excluding hydrogens is 340 g/mol. The van der Waals surface area contributed by atoms with Gasteiger partial charge in [-0.3, -0.25) is 9.59 Å². The Kier molecular flexibility index (Phi) is 5.28. The molecule has 2 amide bonds. The van der Waals surface area contributed by atoms with Crippen LogP contribution in [0.25, 0.3) is 0 Å². The molecule has 1 atom stereocenters. The summed E-state index contributed by atoms with van der Waals surface area (Å²) < 4.78 is 5.62. The van der Waals surface area contributed by atoms with E-state index < -0.39 is 0 Å². The summed E-state index contributed by atoms with van der Waals surface area (Å²) in [4.78, 5) is 28.9. The molecule has 27 heavy (non-hydrogen) atoms. The molecule has 2 saturated heterocycles. The Balaban J connectivity index is 1.40. The molecule has 0 spiro atoms. The van der Waals surface area contributed by atoms with Crippen LogP contribution in [0.15, 0.2) is 53.1 Å². The predicted octanol–water partition coefficient (Wildman–Crippen LogP) is 3.42. The van der Waals surface area contributed by atoms with Gasteiger partial charge in [0.1, 0.15) is 5.76 Å². The van der Waals surface area contributed by atoms with E-state index in [4.69, 9.17) is 4.42 Å². The SMILES string of the molecule is O=C(CC(c1ccccc1)c1ccco1)N1CCC(N2CCCC2=O)CC1. The summed E-state index contributed by atoms with van der Waals surface area (Å²) in [5, 5.41) is 0. The van der Waals surface area contributed by atoms with Crippen LogP contribution in [0.4, 0.5) is 0 Å². The minimum Gasteiger partial charge on any atom is -0.469 e. The van der Waals surface area contributed by atoms with Crippen LogP contribution in [0.1, 0.15) is 49.3 Å². The van der Waals surface area contributed by atoms with Crippen LogP contribution in [0.5, 0.6) is 0 Å². The number of hydrogen-bond donors (Lipinski definition) is 0. The first kappa shape index (κ1) is 17.8. The molecule has 0 aliphatic carbocycles. The van der Waals surface area contributed by atoms with E-state index in [0.717, 1.165) is 50.2 Å². The van der Waals surface area contributed by atoms with Crippen molar-refractivity contribution in [1.29, 1.82) is 0 Å². The topological polar surface area (TPSA) is 53.8 Å². The lowest BCUT2D eigenvalue weighted by atomic mass is 9.92. The lowest BCUT2D eigenvalue weighted by molar-refractivity contribution is -0.134. The lowest BCUT2D eigenvalue weighted by Crippen LogP contribution is -2.47. The molecule has 2 fully saturated rings. The Bertz CT molecular complexity index is 764. The molecule has 1 aromatic carbocycles. The number of benzene rings is 1. The third-order valence-electron chi connectivity index (χ3n) is 5.84. The number of hydrogen-bond acceptors (Lipinski definition) is 3. The van der Waals surface area contributed by atoms with E-state index in [-0.39, 0.29) is 17.7 Å². The standard InChI is InChI=1S/C22H26N2O3/c25-21-9-4-12-24(21)18-10-13-23(14-11-18)22(26)16-19(20-8-5-15-27-20)17-6-2-1-3-7-17/h1-3,5-8,15,18-19H,4,9-14,16H2. The Labute approximate surface area is 159 Å². The van der Waals surface area contributed by atoms with Crippen LogP contribution in [-0.4, -0.2) is 47.3 Å². The smallest absolute Gasteiger partial charge is 0.223 e. The maximum Gasteiger partial charge on any atom is 0.223 e. The highest BCUT2D eigenvalue weighted by atomic mass is 16.3. The Morgan fingerprint density at radius 1 is 1.07 bits per heavy atom. The maximum absolute atomic E-state index is 13.0. The molecule has 5 nitrogen and oxygen atoms in total. The largest absolute Gasteiger partial charge is 0.469 e. The van der Waals surface area contributed by atoms with Crippen molar-refractivity contribution in [1.82, 2.24) is 9.80 Å². The quantitative estimate of drug-likeness (QED) is 0.815. The monoisotopic (exact) mass is 366 g/mol. The molecule has 3 heterocycles. The molecule has 5 heteroatoms. The van der Waals surface area contributed by atoms with Crippen molar-refractivity contribution < 1.29 is 14.0 Å². The molecule has 0 N–H and O–H groups in total. The Morgan fingerprint density at radius 3 is 2.48 bits per heavy atom. The van der Waals surface area contributed by atoms with Crippen LogP contribution in [-0.2, 0) is 9.59 Å². The summed E-state index contributed by atoms with van der Waals surface area (Å²) in [5.41, 5.74) is 1.10. The van der Waals surface area contributed by atoms with Crippen molar-refractivity contribution in [2.45, 2.75) is 44.1 Å². The molecule has 0 radical (unpaired) electrons. The fraction of sp³-hybridized carbons (Fsp3) is 0.455. The van der Waals surface area contributed by atoms with Gasteiger partial charge in [-0.25, -0.2) is 0 Å². The van der Waals surface area contributed by atoms with Gasteiger partial charge in [0.25, 0.3) is 0 Å². The number of carbonyl (C=O) groups excluding carboxylic acids is 2. The summed E-state index contributed by atoms with van der Waals surface area (Å²) in [6, 6.07) is 14.2. The zero-order valence-electron chi connectivity index (χ0n) is 15.5. The zero-order chi connectivity index (χ0) is 18.6. The van der Waals surface area contributed by atoms with Gasteiger partial charge in [-0.2, -0.15) is 0 Å². The van der Waals surface area contributed by atoms with Crippen molar-refractivity contribution >= 4 is 11.8 Å². The van der Waals surface area contributed by atoms with Crippen molar-refractivity contribution in [3.63, 3.8) is 0 Å². The second-order valence-electron chi connectivity index (χ2n) is 7.49. The molecule has 0 saturated carbocycles.